The molecule has 0 bridgehead atoms. The van der Waals surface area contributed by atoms with Gasteiger partial charge < -0.3 is 0 Å². The SMILES string of the molecule is Nc1nc2c(ncn2[C@H]2C[C@@H]3O[PH](O)(O[C@@H]4CSSC[C@H]4OCc4ccccc4)OC[C@H]3O2)c(=S)[nH]1. The second kappa shape index (κ2) is 10.4. The van der Waals surface area contributed by atoms with Crippen LogP contribution in [0.2, 0.25) is 0 Å². The summed E-state index contributed by atoms with van der Waals surface area (Å²) in [5.74, 6) is 1.61. The van der Waals surface area contributed by atoms with Gasteiger partial charge in [-0.2, -0.15) is 0 Å². The molecule has 3 fully saturated rings. The predicted octanol–water partition coefficient (Wildman–Crippen LogP) is 3.54. The van der Waals surface area contributed by atoms with E-state index in [2.05, 4.69) is 15.0 Å². The van der Waals surface area contributed by atoms with Gasteiger partial charge in [-0.05, 0) is 0 Å². The average Bonchev–Trinajstić information content (AvgIpc) is 3.47. The molecule has 0 spiro atoms. The van der Waals surface area contributed by atoms with Gasteiger partial charge in [0.15, 0.2) is 0 Å². The summed E-state index contributed by atoms with van der Waals surface area (Å²) >= 11 is 5.30. The summed E-state index contributed by atoms with van der Waals surface area (Å²) in [6.07, 6.45) is 0.367. The van der Waals surface area contributed by atoms with Crippen LogP contribution in [0.4, 0.5) is 5.95 Å². The molecule has 2 aromatic heterocycles. The second-order valence-electron chi connectivity index (χ2n) is 8.69. The van der Waals surface area contributed by atoms with E-state index in [4.69, 9.17) is 41.0 Å². The summed E-state index contributed by atoms with van der Waals surface area (Å²) in [4.78, 5) is 22.7. The minimum atomic E-state index is -3.91. The molecular formula is C21H26N5O6PS3. The van der Waals surface area contributed by atoms with Crippen molar-refractivity contribution < 1.29 is 27.9 Å². The standard InChI is InChI=1S/C21H26N5O6PS3/c22-21-24-19-18(20(34)25-21)23-11-26(19)17-6-13-14(30-17)8-29-33(27,31-13)32-16-10-36-35-9-15(16)28-7-12-4-2-1-3-5-12/h1-5,11,13-17,27,33H,6-10H2,(H3,22,24,25,34)/t13-,14+,15+,16+,17+/m0/s1. The van der Waals surface area contributed by atoms with Gasteiger partial charge in [0.25, 0.3) is 0 Å². The molecule has 0 saturated carbocycles. The Morgan fingerprint density at radius 2 is 2.03 bits per heavy atom. The van der Waals surface area contributed by atoms with Gasteiger partial charge in [0.05, 0.1) is 0 Å². The van der Waals surface area contributed by atoms with Crippen molar-refractivity contribution in [1.82, 2.24) is 19.5 Å². The Bertz CT molecular complexity index is 1280. The minimum absolute atomic E-state index is 0.163. The molecule has 0 unspecified atom stereocenters. The zero-order valence-corrected chi connectivity index (χ0v) is 22.5. The fourth-order valence-electron chi connectivity index (χ4n) is 4.45. The van der Waals surface area contributed by atoms with Gasteiger partial charge in [0, 0.05) is 0 Å². The number of H-pyrrole nitrogens is 1. The van der Waals surface area contributed by atoms with Crippen LogP contribution in [0.25, 0.3) is 11.2 Å². The van der Waals surface area contributed by atoms with Crippen LogP contribution in [0.15, 0.2) is 36.7 Å². The van der Waals surface area contributed by atoms with E-state index >= 15 is 0 Å². The normalized spacial score (nSPS) is 30.8. The Balaban J connectivity index is 1.12. The Labute approximate surface area is 220 Å². The fourth-order valence-corrected chi connectivity index (χ4v) is 9.07. The van der Waals surface area contributed by atoms with E-state index in [1.807, 2.05) is 30.3 Å². The Morgan fingerprint density at radius 3 is 2.86 bits per heavy atom. The Morgan fingerprint density at radius 1 is 1.22 bits per heavy atom. The van der Waals surface area contributed by atoms with Gasteiger partial charge in [-0.3, -0.25) is 0 Å². The zero-order valence-electron chi connectivity index (χ0n) is 19.0. The monoisotopic (exact) mass is 571 g/mol. The van der Waals surface area contributed by atoms with Crippen LogP contribution in [0.3, 0.4) is 0 Å². The number of aromatic amines is 1. The molecule has 0 aliphatic carbocycles. The van der Waals surface area contributed by atoms with E-state index in [9.17, 15) is 4.89 Å². The van der Waals surface area contributed by atoms with E-state index in [1.165, 1.54) is 0 Å². The van der Waals surface area contributed by atoms with Crippen LogP contribution in [-0.2, 0) is 29.7 Å². The van der Waals surface area contributed by atoms with E-state index in [1.54, 1.807) is 32.5 Å². The van der Waals surface area contributed by atoms with Crippen molar-refractivity contribution in [2.45, 2.75) is 43.7 Å². The number of hydrogen-bond acceptors (Lipinski definition) is 12. The first-order valence-corrected chi connectivity index (χ1v) is 16.0. The van der Waals surface area contributed by atoms with Crippen LogP contribution in [-0.4, -0.2) is 66.9 Å². The van der Waals surface area contributed by atoms with Gasteiger partial charge >= 0.3 is 221 Å². The number of imidazole rings is 1. The molecule has 5 heterocycles. The molecule has 3 aromatic rings. The van der Waals surface area contributed by atoms with Crippen LogP contribution in [0, 0.1) is 4.64 Å². The number of benzene rings is 1. The quantitative estimate of drug-likeness (QED) is 0.227. The van der Waals surface area contributed by atoms with Gasteiger partial charge in [0.2, 0.25) is 0 Å². The molecule has 3 aliphatic heterocycles. The number of ether oxygens (including phenoxy) is 2. The number of nitrogens with zero attached hydrogens (tertiary/aromatic N) is 3. The fraction of sp³-hybridized carbons (Fsp3) is 0.476. The molecule has 36 heavy (non-hydrogen) atoms. The van der Waals surface area contributed by atoms with Gasteiger partial charge in [-0.1, -0.05) is 0 Å². The third-order valence-corrected chi connectivity index (χ3v) is 10.7. The van der Waals surface area contributed by atoms with Crippen molar-refractivity contribution in [2.75, 3.05) is 23.8 Å². The molecule has 15 heteroatoms. The van der Waals surface area contributed by atoms with Crippen molar-refractivity contribution in [3.63, 3.8) is 0 Å². The van der Waals surface area contributed by atoms with Gasteiger partial charge in [-0.25, -0.2) is 0 Å². The number of rotatable bonds is 6. The van der Waals surface area contributed by atoms with Gasteiger partial charge in [0.1, 0.15) is 0 Å². The van der Waals surface area contributed by atoms with Crippen molar-refractivity contribution in [3.05, 3.63) is 46.9 Å². The van der Waals surface area contributed by atoms with Crippen LogP contribution in [0.1, 0.15) is 18.2 Å². The Kier molecular flexibility index (Phi) is 7.25. The first-order valence-electron chi connectivity index (χ1n) is 11.5. The second-order valence-corrected chi connectivity index (χ2v) is 13.5. The molecule has 3 aliphatic rings. The number of nitrogen functional groups attached to an aromatic ring is 1. The molecular weight excluding hydrogens is 545 g/mol. The van der Waals surface area contributed by atoms with Crippen molar-refractivity contribution in [1.29, 1.82) is 0 Å². The number of aromatic nitrogens is 4. The number of fused-ring (bicyclic) bond motifs is 2. The van der Waals surface area contributed by atoms with E-state index in [0.717, 1.165) is 11.3 Å². The molecule has 0 amide bonds. The summed E-state index contributed by atoms with van der Waals surface area (Å²) in [7, 11) is -0.495. The van der Waals surface area contributed by atoms with Gasteiger partial charge in [-0.15, -0.1) is 0 Å². The molecule has 0 radical (unpaired) electrons. The molecule has 5 atom stereocenters. The number of nitrogens with two attached hydrogens (primary N) is 1. The van der Waals surface area contributed by atoms with E-state index < -0.39 is 20.5 Å². The zero-order chi connectivity index (χ0) is 24.7. The maximum atomic E-state index is 11.2. The molecule has 6 rings (SSSR count). The summed E-state index contributed by atoms with van der Waals surface area (Å²) < 4.78 is 32.4. The summed E-state index contributed by atoms with van der Waals surface area (Å²) in [5.41, 5.74) is 7.99. The van der Waals surface area contributed by atoms with E-state index in [0.29, 0.717) is 34.6 Å². The Hall–Kier alpha value is -1.32. The molecule has 4 N–H and O–H groups in total. The summed E-state index contributed by atoms with van der Waals surface area (Å²) in [5, 5.41) is 0. The van der Waals surface area contributed by atoms with Crippen molar-refractivity contribution in [2.24, 2.45) is 0 Å². The molecule has 11 nitrogen and oxygen atoms in total. The molecule has 3 saturated heterocycles. The van der Waals surface area contributed by atoms with Crippen LogP contribution in [0.5, 0.6) is 0 Å². The topological polar surface area (TPSA) is 139 Å². The maximum absolute atomic E-state index is 11.2. The van der Waals surface area contributed by atoms with Crippen molar-refractivity contribution in [3.8, 4) is 0 Å². The van der Waals surface area contributed by atoms with Crippen LogP contribution < -0.4 is 5.73 Å². The molecule has 194 valence electrons. The average molecular weight is 572 g/mol. The van der Waals surface area contributed by atoms with Crippen LogP contribution >= 0.6 is 42.0 Å². The first-order chi connectivity index (χ1) is 17.5. The number of nitrogens with one attached hydrogen (secondary N) is 1. The molecule has 1 aromatic carbocycles. The number of hydrogen-bond donors (Lipinski definition) is 3. The predicted molar refractivity (Wildman–Crippen MR) is 142 cm³/mol. The van der Waals surface area contributed by atoms with E-state index in [-0.39, 0.29) is 30.9 Å². The van der Waals surface area contributed by atoms with Crippen molar-refractivity contribution >= 4 is 59.1 Å². The first kappa shape index (κ1) is 25.0. The number of anilines is 1. The third-order valence-electron chi connectivity index (χ3n) is 6.24. The summed E-state index contributed by atoms with van der Waals surface area (Å²) in [6, 6.07) is 9.98. The summed E-state index contributed by atoms with van der Waals surface area (Å²) in [6.45, 7) is 0.635. The third kappa shape index (κ3) is 5.17.